The minimum atomic E-state index is 0.431. The van der Waals surface area contributed by atoms with Crippen LogP contribution in [0.4, 0.5) is 0 Å². The minimum absolute atomic E-state index is 0.431. The van der Waals surface area contributed by atoms with Gasteiger partial charge in [-0.2, -0.15) is 0 Å². The fourth-order valence-corrected chi connectivity index (χ4v) is 3.30. The molecule has 6 heteroatoms. The highest BCUT2D eigenvalue weighted by molar-refractivity contribution is 9.10. The molecule has 0 fully saturated rings. The Balaban J connectivity index is 1.94. The fraction of sp³-hybridized carbons (Fsp3) is 0.125. The summed E-state index contributed by atoms with van der Waals surface area (Å²) in [7, 11) is 0. The second-order valence-electron chi connectivity index (χ2n) is 2.43. The van der Waals surface area contributed by atoms with Crippen molar-refractivity contribution in [3.05, 3.63) is 33.1 Å². The number of furan rings is 1. The molecule has 0 aliphatic rings. The lowest BCUT2D eigenvalue weighted by Gasteiger charge is -1.92. The summed E-state index contributed by atoms with van der Waals surface area (Å²) in [4.78, 5) is 4.26. The summed E-state index contributed by atoms with van der Waals surface area (Å²) in [6, 6.07) is 3.62. The third kappa shape index (κ3) is 2.76. The number of hydrogen-bond donors (Lipinski definition) is 0. The fourth-order valence-electron chi connectivity index (χ4n) is 0.867. The molecule has 2 rings (SSSR count). The van der Waals surface area contributed by atoms with Gasteiger partial charge in [0, 0.05) is 5.38 Å². The van der Waals surface area contributed by atoms with Gasteiger partial charge in [0.25, 0.3) is 0 Å². The molecule has 0 aliphatic carbocycles. The van der Waals surface area contributed by atoms with Gasteiger partial charge in [0.15, 0.2) is 9.56 Å². The Hall–Kier alpha value is 0.0300. The molecule has 0 N–H and O–H groups in total. The lowest BCUT2D eigenvalue weighted by Crippen LogP contribution is -1.74. The van der Waals surface area contributed by atoms with Crippen LogP contribution < -0.4 is 0 Å². The first-order valence-electron chi connectivity index (χ1n) is 3.72. The van der Waals surface area contributed by atoms with Gasteiger partial charge in [0.2, 0.25) is 0 Å². The van der Waals surface area contributed by atoms with Crippen LogP contribution in [-0.4, -0.2) is 4.98 Å². The molecule has 2 heterocycles. The van der Waals surface area contributed by atoms with E-state index in [4.69, 9.17) is 16.0 Å². The van der Waals surface area contributed by atoms with E-state index in [2.05, 4.69) is 20.9 Å². The number of thioether (sulfide) groups is 1. The minimum Gasteiger partial charge on any atom is -0.449 e. The first kappa shape index (κ1) is 10.5. The zero-order valence-corrected chi connectivity index (χ0v) is 10.8. The van der Waals surface area contributed by atoms with E-state index >= 15 is 0 Å². The van der Waals surface area contributed by atoms with Gasteiger partial charge >= 0.3 is 0 Å². The van der Waals surface area contributed by atoms with E-state index < -0.39 is 0 Å². The van der Waals surface area contributed by atoms with Crippen LogP contribution in [0.2, 0.25) is 5.22 Å². The third-order valence-electron chi connectivity index (χ3n) is 1.42. The molecule has 0 atom stereocenters. The van der Waals surface area contributed by atoms with E-state index in [1.54, 1.807) is 29.2 Å². The summed E-state index contributed by atoms with van der Waals surface area (Å²) >= 11 is 12.2. The molecule has 0 saturated carbocycles. The lowest BCUT2D eigenvalue weighted by molar-refractivity contribution is 0.532. The highest BCUT2D eigenvalue weighted by Gasteiger charge is 2.04. The van der Waals surface area contributed by atoms with Crippen molar-refractivity contribution in [1.29, 1.82) is 0 Å². The highest BCUT2D eigenvalue weighted by atomic mass is 79.9. The monoisotopic (exact) mass is 309 g/mol. The average molecular weight is 311 g/mol. The number of halogens is 2. The Morgan fingerprint density at radius 2 is 2.43 bits per heavy atom. The van der Waals surface area contributed by atoms with Crippen LogP contribution >= 0.6 is 50.6 Å². The van der Waals surface area contributed by atoms with Crippen LogP contribution in [0.3, 0.4) is 0 Å². The summed E-state index contributed by atoms with van der Waals surface area (Å²) in [6.45, 7) is 0. The van der Waals surface area contributed by atoms with Crippen molar-refractivity contribution >= 4 is 50.6 Å². The van der Waals surface area contributed by atoms with Crippen LogP contribution in [0.1, 0.15) is 5.76 Å². The molecule has 0 spiro atoms. The smallest absolute Gasteiger partial charge is 0.193 e. The van der Waals surface area contributed by atoms with Crippen molar-refractivity contribution in [2.24, 2.45) is 0 Å². The van der Waals surface area contributed by atoms with Gasteiger partial charge in [-0.25, -0.2) is 4.98 Å². The molecule has 14 heavy (non-hydrogen) atoms. The zero-order chi connectivity index (χ0) is 9.97. The summed E-state index contributed by atoms with van der Waals surface area (Å²) in [5.41, 5.74) is 0. The summed E-state index contributed by atoms with van der Waals surface area (Å²) < 4.78 is 7.12. The zero-order valence-electron chi connectivity index (χ0n) is 6.87. The Morgan fingerprint density at radius 1 is 1.57 bits per heavy atom. The molecular weight excluding hydrogens is 306 g/mol. The largest absolute Gasteiger partial charge is 0.449 e. The van der Waals surface area contributed by atoms with Crippen molar-refractivity contribution in [1.82, 2.24) is 4.98 Å². The average Bonchev–Trinajstić information content (AvgIpc) is 2.72. The van der Waals surface area contributed by atoms with Crippen molar-refractivity contribution in [3.63, 3.8) is 0 Å². The summed E-state index contributed by atoms with van der Waals surface area (Å²) in [6.07, 6.45) is 0. The molecular formula is C8H5BrClNOS2. The van der Waals surface area contributed by atoms with Crippen molar-refractivity contribution in [2.75, 3.05) is 0 Å². The van der Waals surface area contributed by atoms with Gasteiger partial charge in [-0.1, -0.05) is 11.8 Å². The second-order valence-corrected chi connectivity index (χ2v) is 5.70. The summed E-state index contributed by atoms with van der Waals surface area (Å²) in [5, 5.41) is 2.39. The van der Waals surface area contributed by atoms with Gasteiger partial charge < -0.3 is 4.42 Å². The van der Waals surface area contributed by atoms with Crippen LogP contribution in [-0.2, 0) is 5.75 Å². The van der Waals surface area contributed by atoms with Gasteiger partial charge in [0.05, 0.1) is 5.75 Å². The van der Waals surface area contributed by atoms with E-state index in [1.165, 1.54) is 0 Å². The maximum absolute atomic E-state index is 5.65. The quantitative estimate of drug-likeness (QED) is 0.784. The molecule has 2 nitrogen and oxygen atoms in total. The molecule has 2 aromatic heterocycles. The number of hydrogen-bond acceptors (Lipinski definition) is 4. The molecule has 0 aliphatic heterocycles. The van der Waals surface area contributed by atoms with Crippen molar-refractivity contribution in [2.45, 2.75) is 10.1 Å². The molecule has 2 aromatic rings. The van der Waals surface area contributed by atoms with Crippen LogP contribution in [0.15, 0.2) is 30.9 Å². The van der Waals surface area contributed by atoms with Gasteiger partial charge in [-0.3, -0.25) is 0 Å². The predicted octanol–water partition coefficient (Wildman–Crippen LogP) is 4.44. The SMILES string of the molecule is Clc1ccc(CSc2nc(Br)cs2)o1. The van der Waals surface area contributed by atoms with Gasteiger partial charge in [-0.05, 0) is 39.7 Å². The normalized spacial score (nSPS) is 10.7. The number of nitrogens with zero attached hydrogens (tertiary/aromatic N) is 1. The number of aromatic nitrogens is 1. The van der Waals surface area contributed by atoms with Crippen LogP contribution in [0.5, 0.6) is 0 Å². The maximum atomic E-state index is 5.65. The van der Waals surface area contributed by atoms with Crippen molar-refractivity contribution in [3.8, 4) is 0 Å². The first-order chi connectivity index (χ1) is 6.74. The third-order valence-corrected chi connectivity index (χ3v) is 4.38. The highest BCUT2D eigenvalue weighted by Crippen LogP contribution is 2.28. The molecule has 0 amide bonds. The Bertz CT molecular complexity index is 388. The Kier molecular flexibility index (Phi) is 3.54. The number of thiazole rings is 1. The van der Waals surface area contributed by atoms with E-state index in [1.807, 2.05) is 11.4 Å². The second kappa shape index (κ2) is 4.70. The van der Waals surface area contributed by atoms with E-state index in [0.29, 0.717) is 5.22 Å². The van der Waals surface area contributed by atoms with Crippen LogP contribution in [0.25, 0.3) is 0 Å². The standard InChI is InChI=1S/C8H5BrClNOS2/c9-6-4-14-8(11-6)13-3-5-1-2-7(10)12-5/h1-2,4H,3H2. The van der Waals surface area contributed by atoms with Crippen molar-refractivity contribution < 1.29 is 4.42 Å². The topological polar surface area (TPSA) is 26.0 Å². The molecule has 0 bridgehead atoms. The van der Waals surface area contributed by atoms with E-state index in [9.17, 15) is 0 Å². The molecule has 0 saturated heterocycles. The summed E-state index contributed by atoms with van der Waals surface area (Å²) in [5.74, 6) is 1.62. The van der Waals surface area contributed by atoms with E-state index in [-0.39, 0.29) is 0 Å². The van der Waals surface area contributed by atoms with Crippen LogP contribution in [0, 0.1) is 0 Å². The first-order valence-corrected chi connectivity index (χ1v) is 6.76. The number of rotatable bonds is 3. The molecule has 0 radical (unpaired) electrons. The maximum Gasteiger partial charge on any atom is 0.193 e. The molecule has 0 aromatic carbocycles. The Morgan fingerprint density at radius 3 is 3.00 bits per heavy atom. The van der Waals surface area contributed by atoms with E-state index in [0.717, 1.165) is 20.5 Å². The molecule has 0 unspecified atom stereocenters. The van der Waals surface area contributed by atoms with Gasteiger partial charge in [0.1, 0.15) is 10.4 Å². The predicted molar refractivity (Wildman–Crippen MR) is 63.1 cm³/mol. The Labute approximate surface area is 103 Å². The van der Waals surface area contributed by atoms with Gasteiger partial charge in [-0.15, -0.1) is 11.3 Å². The lowest BCUT2D eigenvalue weighted by atomic mass is 10.5. The molecule has 74 valence electrons.